The highest BCUT2D eigenvalue weighted by Crippen LogP contribution is 2.35. The van der Waals surface area contributed by atoms with Gasteiger partial charge in [0.25, 0.3) is 5.91 Å². The average molecular weight is 486 g/mol. The number of carbonyl (C=O) groups is 2. The fraction of sp³-hybridized carbons (Fsp3) is 0.727. The largest absolute Gasteiger partial charge is 0.467 e. The number of furan rings is 1. The summed E-state index contributed by atoms with van der Waals surface area (Å²) in [5, 5.41) is 9.16. The van der Waals surface area contributed by atoms with Gasteiger partial charge in [-0.15, -0.1) is 0 Å². The van der Waals surface area contributed by atoms with Gasteiger partial charge in [0.1, 0.15) is 5.76 Å². The number of ether oxygens (including phenoxy) is 1. The van der Waals surface area contributed by atoms with E-state index in [1.165, 1.54) is 4.31 Å². The summed E-state index contributed by atoms with van der Waals surface area (Å²) in [6.07, 6.45) is 6.22. The molecule has 0 atom stereocenters. The Bertz CT molecular complexity index is 874. The Morgan fingerprint density at radius 1 is 1.24 bits per heavy atom. The third-order valence-corrected chi connectivity index (χ3v) is 9.50. The lowest BCUT2D eigenvalue weighted by Crippen LogP contribution is -2.60. The third kappa shape index (κ3) is 5.95. The van der Waals surface area contributed by atoms with Gasteiger partial charge in [0.2, 0.25) is 15.9 Å². The number of hydrogen-bond acceptors (Lipinski definition) is 7. The van der Waals surface area contributed by atoms with Crippen molar-refractivity contribution < 1.29 is 32.4 Å². The molecule has 2 N–H and O–H groups in total. The van der Waals surface area contributed by atoms with Crippen molar-refractivity contribution in [1.29, 1.82) is 0 Å². The van der Waals surface area contributed by atoms with Crippen molar-refractivity contribution >= 4 is 21.8 Å². The van der Waals surface area contributed by atoms with E-state index in [0.29, 0.717) is 32.0 Å². The fourth-order valence-electron chi connectivity index (χ4n) is 4.72. The minimum Gasteiger partial charge on any atom is -0.467 e. The molecule has 0 aliphatic carbocycles. The van der Waals surface area contributed by atoms with Gasteiger partial charge in [0.05, 0.1) is 12.8 Å². The standard InChI is InChI=1S/C22H35N3O7S/c1-24(17-19-6-4-14-32-19)20(26)7-3-2-5-18-8-12-25(13-9-18)33(29,30)22(21(27)23-28)10-15-31-16-11-22/h4,6,14,18,28H,2-3,5,7-13,15-17H2,1H3,(H,23,27). The molecule has 0 unspecified atom stereocenters. The molecule has 10 nitrogen and oxygen atoms in total. The van der Waals surface area contributed by atoms with E-state index in [1.807, 2.05) is 6.07 Å². The number of piperidine rings is 1. The molecule has 1 aromatic rings. The molecule has 2 amide bonds. The topological polar surface area (TPSA) is 129 Å². The molecule has 0 saturated carbocycles. The van der Waals surface area contributed by atoms with Crippen LogP contribution in [0.3, 0.4) is 0 Å². The van der Waals surface area contributed by atoms with E-state index >= 15 is 0 Å². The summed E-state index contributed by atoms with van der Waals surface area (Å²) in [4.78, 5) is 26.3. The number of nitrogens with one attached hydrogen (secondary N) is 1. The Kier molecular flexibility index (Phi) is 8.91. The zero-order chi connectivity index (χ0) is 23.9. The van der Waals surface area contributed by atoms with Gasteiger partial charge >= 0.3 is 0 Å². The van der Waals surface area contributed by atoms with E-state index in [4.69, 9.17) is 14.4 Å². The van der Waals surface area contributed by atoms with Crippen molar-refractivity contribution in [3.63, 3.8) is 0 Å². The highest BCUT2D eigenvalue weighted by molar-refractivity contribution is 7.91. The smallest absolute Gasteiger partial charge is 0.266 e. The van der Waals surface area contributed by atoms with Crippen LogP contribution in [0.1, 0.15) is 57.1 Å². The molecule has 2 saturated heterocycles. The van der Waals surface area contributed by atoms with Crippen molar-refractivity contribution in [3.05, 3.63) is 24.2 Å². The maximum absolute atomic E-state index is 13.3. The van der Waals surface area contributed by atoms with Crippen LogP contribution in [0.4, 0.5) is 0 Å². The lowest BCUT2D eigenvalue weighted by molar-refractivity contribution is -0.134. The van der Waals surface area contributed by atoms with Gasteiger partial charge in [-0.25, -0.2) is 18.2 Å². The van der Waals surface area contributed by atoms with Crippen molar-refractivity contribution in [3.8, 4) is 0 Å². The number of rotatable bonds is 10. The summed E-state index contributed by atoms with van der Waals surface area (Å²) in [6.45, 7) is 1.51. The fourth-order valence-corrected chi connectivity index (χ4v) is 6.86. The summed E-state index contributed by atoms with van der Waals surface area (Å²) < 4.78 is 36.9. The van der Waals surface area contributed by atoms with Crippen molar-refractivity contribution in [2.24, 2.45) is 5.92 Å². The number of nitrogens with zero attached hydrogens (tertiary/aromatic N) is 2. The number of amides is 2. The van der Waals surface area contributed by atoms with E-state index in [0.717, 1.165) is 37.9 Å². The Morgan fingerprint density at radius 3 is 2.55 bits per heavy atom. The van der Waals surface area contributed by atoms with Gasteiger partial charge in [0, 0.05) is 52.6 Å². The molecule has 11 heteroatoms. The summed E-state index contributed by atoms with van der Waals surface area (Å²) >= 11 is 0. The van der Waals surface area contributed by atoms with Gasteiger partial charge in [-0.05, 0) is 37.3 Å². The van der Waals surface area contributed by atoms with Crippen molar-refractivity contribution in [2.45, 2.75) is 62.7 Å². The Labute approximate surface area is 195 Å². The summed E-state index contributed by atoms with van der Waals surface area (Å²) in [5.41, 5.74) is 1.56. The van der Waals surface area contributed by atoms with E-state index in [9.17, 15) is 18.0 Å². The molecular weight excluding hydrogens is 450 g/mol. The zero-order valence-corrected chi connectivity index (χ0v) is 20.0. The number of unbranched alkanes of at least 4 members (excludes halogenated alkanes) is 1. The monoisotopic (exact) mass is 485 g/mol. The van der Waals surface area contributed by atoms with Crippen molar-refractivity contribution in [2.75, 3.05) is 33.4 Å². The molecule has 0 radical (unpaired) electrons. The maximum atomic E-state index is 13.3. The lowest BCUT2D eigenvalue weighted by Gasteiger charge is -2.40. The first-order valence-electron chi connectivity index (χ1n) is 11.6. The lowest BCUT2D eigenvalue weighted by atomic mass is 9.92. The minimum absolute atomic E-state index is 0.0318. The van der Waals surface area contributed by atoms with Gasteiger partial charge in [-0.3, -0.25) is 14.8 Å². The third-order valence-electron chi connectivity index (χ3n) is 6.87. The quantitative estimate of drug-likeness (QED) is 0.294. The van der Waals surface area contributed by atoms with E-state index in [2.05, 4.69) is 0 Å². The summed E-state index contributed by atoms with van der Waals surface area (Å²) in [5.74, 6) is 0.349. The van der Waals surface area contributed by atoms with Crippen LogP contribution in [0.5, 0.6) is 0 Å². The average Bonchev–Trinajstić information content (AvgIpc) is 3.34. The number of carbonyl (C=O) groups excluding carboxylic acids is 2. The predicted octanol–water partition coefficient (Wildman–Crippen LogP) is 1.89. The summed E-state index contributed by atoms with van der Waals surface area (Å²) in [6, 6.07) is 3.64. The maximum Gasteiger partial charge on any atom is 0.266 e. The van der Waals surface area contributed by atoms with Gasteiger partial charge in [-0.2, -0.15) is 0 Å². The van der Waals surface area contributed by atoms with Crippen LogP contribution >= 0.6 is 0 Å². The number of hydroxylamine groups is 1. The molecular formula is C22H35N3O7S. The van der Waals surface area contributed by atoms with E-state index in [-0.39, 0.29) is 32.0 Å². The number of sulfonamides is 1. The molecule has 2 aliphatic rings. The molecule has 1 aromatic heterocycles. The van der Waals surface area contributed by atoms with Crippen LogP contribution in [0.25, 0.3) is 0 Å². The first-order valence-corrected chi connectivity index (χ1v) is 13.0. The normalized spacial score (nSPS) is 19.8. The number of hydrogen-bond donors (Lipinski definition) is 2. The predicted molar refractivity (Wildman–Crippen MR) is 120 cm³/mol. The SMILES string of the molecule is CN(Cc1ccco1)C(=O)CCCCC1CCN(S(=O)(=O)C2(C(=O)NO)CCOCC2)CC1. The van der Waals surface area contributed by atoms with Crippen LogP contribution in [0.2, 0.25) is 0 Å². The first-order chi connectivity index (χ1) is 15.8. The molecule has 2 fully saturated rings. The van der Waals surface area contributed by atoms with Crippen LogP contribution in [0, 0.1) is 5.92 Å². The Hall–Kier alpha value is -1.95. The summed E-state index contributed by atoms with van der Waals surface area (Å²) in [7, 11) is -2.16. The van der Waals surface area contributed by atoms with Crippen molar-refractivity contribution in [1.82, 2.24) is 14.7 Å². The molecule has 3 heterocycles. The Balaban J connectivity index is 1.42. The zero-order valence-electron chi connectivity index (χ0n) is 19.2. The highest BCUT2D eigenvalue weighted by atomic mass is 32.2. The highest BCUT2D eigenvalue weighted by Gasteiger charge is 2.54. The van der Waals surface area contributed by atoms with Gasteiger partial charge < -0.3 is 14.1 Å². The van der Waals surface area contributed by atoms with Crippen LogP contribution < -0.4 is 5.48 Å². The van der Waals surface area contributed by atoms with E-state index < -0.39 is 20.7 Å². The first kappa shape index (κ1) is 25.7. The van der Waals surface area contributed by atoms with Gasteiger partial charge in [-0.1, -0.05) is 12.8 Å². The molecule has 3 rings (SSSR count). The molecule has 186 valence electrons. The second kappa shape index (κ2) is 11.5. The molecule has 0 bridgehead atoms. The molecule has 33 heavy (non-hydrogen) atoms. The molecule has 2 aliphatic heterocycles. The van der Waals surface area contributed by atoms with E-state index in [1.54, 1.807) is 29.8 Å². The molecule has 0 spiro atoms. The van der Waals surface area contributed by atoms with Crippen LogP contribution in [-0.4, -0.2) is 72.7 Å². The Morgan fingerprint density at radius 2 is 1.94 bits per heavy atom. The second-order valence-corrected chi connectivity index (χ2v) is 11.2. The molecule has 0 aromatic carbocycles. The second-order valence-electron chi connectivity index (χ2n) is 8.97. The minimum atomic E-state index is -3.93. The van der Waals surface area contributed by atoms with Crippen LogP contribution in [0.15, 0.2) is 22.8 Å². The van der Waals surface area contributed by atoms with Gasteiger partial charge in [0.15, 0.2) is 4.75 Å². The van der Waals surface area contributed by atoms with Crippen LogP contribution in [-0.2, 0) is 30.9 Å².